The lowest BCUT2D eigenvalue weighted by Crippen LogP contribution is -2.24. The number of carbonyl (C=O) groups excluding carboxylic acids is 2. The summed E-state index contributed by atoms with van der Waals surface area (Å²) in [7, 11) is 0. The van der Waals surface area contributed by atoms with Crippen molar-refractivity contribution in [1.82, 2.24) is 25.3 Å². The van der Waals surface area contributed by atoms with Gasteiger partial charge in [0.15, 0.2) is 0 Å². The Morgan fingerprint density at radius 1 is 1.19 bits per heavy atom. The van der Waals surface area contributed by atoms with Crippen molar-refractivity contribution >= 4 is 29.5 Å². The molecule has 0 unspecified atom stereocenters. The minimum absolute atomic E-state index is 0.0850. The summed E-state index contributed by atoms with van der Waals surface area (Å²) in [5.74, 6) is -0.374. The number of imide groups is 1. The van der Waals surface area contributed by atoms with Crippen LogP contribution in [0.25, 0.3) is 21.1 Å². The average Bonchev–Trinajstić information content (AvgIpc) is 3.28. The van der Waals surface area contributed by atoms with Gasteiger partial charge in [0.2, 0.25) is 5.91 Å². The van der Waals surface area contributed by atoms with Gasteiger partial charge in [-0.2, -0.15) is 5.10 Å². The van der Waals surface area contributed by atoms with E-state index in [4.69, 9.17) is 0 Å². The number of hydrogen-bond donors (Lipinski definition) is 1. The summed E-state index contributed by atoms with van der Waals surface area (Å²) in [6.07, 6.45) is 6.70. The molecule has 8 nitrogen and oxygen atoms in total. The minimum Gasteiger partial charge on any atom is -0.275 e. The molecule has 4 heterocycles. The molecule has 0 atom stereocenters. The fourth-order valence-corrected chi connectivity index (χ4v) is 3.21. The molecule has 0 radical (unpaired) electrons. The van der Waals surface area contributed by atoms with Crippen molar-refractivity contribution in [3.8, 4) is 21.1 Å². The van der Waals surface area contributed by atoms with Crippen LogP contribution in [0, 0.1) is 0 Å². The smallest absolute Gasteiger partial charge is 0.275 e. The number of nitrogens with one attached hydrogen (secondary N) is 1. The molecule has 4 rings (SSSR count). The average molecular weight is 364 g/mol. The number of hydrazone groups is 1. The zero-order chi connectivity index (χ0) is 17.9. The van der Waals surface area contributed by atoms with Gasteiger partial charge in [-0.25, -0.2) is 19.8 Å². The molecule has 128 valence electrons. The van der Waals surface area contributed by atoms with Crippen LogP contribution in [0.3, 0.4) is 0 Å². The summed E-state index contributed by atoms with van der Waals surface area (Å²) in [6.45, 7) is -0.0850. The SMILES string of the molecule is O=C1CN(/N=C/c2cccc(-c3cnc(-c4cccnc4)s3)n2)C(=O)N1. The summed E-state index contributed by atoms with van der Waals surface area (Å²) >= 11 is 1.51. The molecule has 9 heteroatoms. The molecule has 3 aromatic rings. The monoisotopic (exact) mass is 364 g/mol. The largest absolute Gasteiger partial charge is 0.344 e. The molecule has 1 aliphatic rings. The molecule has 1 fully saturated rings. The van der Waals surface area contributed by atoms with Gasteiger partial charge in [-0.1, -0.05) is 6.07 Å². The van der Waals surface area contributed by atoms with Crippen molar-refractivity contribution in [1.29, 1.82) is 0 Å². The molecule has 3 aromatic heterocycles. The molecule has 26 heavy (non-hydrogen) atoms. The number of carbonyl (C=O) groups is 2. The maximum atomic E-state index is 11.5. The minimum atomic E-state index is -0.536. The van der Waals surface area contributed by atoms with Gasteiger partial charge in [0, 0.05) is 24.2 Å². The van der Waals surface area contributed by atoms with Gasteiger partial charge in [0.05, 0.1) is 22.5 Å². The Hall–Kier alpha value is -3.46. The highest BCUT2D eigenvalue weighted by Crippen LogP contribution is 2.30. The van der Waals surface area contributed by atoms with Crippen molar-refractivity contribution in [3.63, 3.8) is 0 Å². The van der Waals surface area contributed by atoms with E-state index in [0.717, 1.165) is 26.2 Å². The van der Waals surface area contributed by atoms with Gasteiger partial charge >= 0.3 is 6.03 Å². The lowest BCUT2D eigenvalue weighted by Gasteiger charge is -2.04. The van der Waals surface area contributed by atoms with Crippen molar-refractivity contribution in [3.05, 3.63) is 54.6 Å². The van der Waals surface area contributed by atoms with Crippen molar-refractivity contribution in [2.24, 2.45) is 5.10 Å². The fraction of sp³-hybridized carbons (Fsp3) is 0.0588. The third-order valence-corrected chi connectivity index (χ3v) is 4.61. The predicted octanol–water partition coefficient (Wildman–Crippen LogP) is 2.15. The van der Waals surface area contributed by atoms with Gasteiger partial charge in [0.1, 0.15) is 11.6 Å². The molecule has 0 spiro atoms. The number of nitrogens with zero attached hydrogens (tertiary/aromatic N) is 5. The van der Waals surface area contributed by atoms with Crippen LogP contribution in [0.1, 0.15) is 5.69 Å². The summed E-state index contributed by atoms with van der Waals surface area (Å²) < 4.78 is 0. The summed E-state index contributed by atoms with van der Waals surface area (Å²) in [5.41, 5.74) is 2.28. The molecule has 3 amide bonds. The normalized spacial score (nSPS) is 14.2. The van der Waals surface area contributed by atoms with Crippen LogP contribution in [0.4, 0.5) is 4.79 Å². The summed E-state index contributed by atoms with van der Waals surface area (Å²) in [6, 6.07) is 8.78. The Morgan fingerprint density at radius 2 is 2.12 bits per heavy atom. The maximum Gasteiger partial charge on any atom is 0.344 e. The second-order valence-corrected chi connectivity index (χ2v) is 6.41. The molecule has 0 aromatic carbocycles. The van der Waals surface area contributed by atoms with Crippen LogP contribution in [-0.4, -0.2) is 44.7 Å². The zero-order valence-corrected chi connectivity index (χ0v) is 14.2. The highest BCUT2D eigenvalue weighted by Gasteiger charge is 2.25. The second kappa shape index (κ2) is 6.81. The molecular weight excluding hydrogens is 352 g/mol. The lowest BCUT2D eigenvalue weighted by atomic mass is 10.3. The van der Waals surface area contributed by atoms with Crippen LogP contribution in [-0.2, 0) is 4.79 Å². The second-order valence-electron chi connectivity index (χ2n) is 5.37. The van der Waals surface area contributed by atoms with E-state index in [1.165, 1.54) is 17.6 Å². The van der Waals surface area contributed by atoms with Crippen molar-refractivity contribution in [2.45, 2.75) is 0 Å². The number of hydrogen-bond acceptors (Lipinski definition) is 7. The molecular formula is C17H12N6O2S. The molecule has 1 N–H and O–H groups in total. The highest BCUT2D eigenvalue weighted by atomic mass is 32.1. The molecule has 1 saturated heterocycles. The van der Waals surface area contributed by atoms with Gasteiger partial charge < -0.3 is 0 Å². The van der Waals surface area contributed by atoms with E-state index in [9.17, 15) is 9.59 Å². The van der Waals surface area contributed by atoms with Crippen LogP contribution in [0.2, 0.25) is 0 Å². The number of rotatable bonds is 4. The Balaban J connectivity index is 1.56. The van der Waals surface area contributed by atoms with Crippen LogP contribution < -0.4 is 5.32 Å². The van der Waals surface area contributed by atoms with Crippen LogP contribution in [0.5, 0.6) is 0 Å². The van der Waals surface area contributed by atoms with E-state index in [0.29, 0.717) is 5.69 Å². The van der Waals surface area contributed by atoms with Crippen LogP contribution >= 0.6 is 11.3 Å². The molecule has 0 aliphatic carbocycles. The van der Waals surface area contributed by atoms with Crippen LogP contribution in [0.15, 0.2) is 54.0 Å². The summed E-state index contributed by atoms with van der Waals surface area (Å²) in [5, 5.41) is 8.09. The first-order valence-corrected chi connectivity index (χ1v) is 8.50. The Labute approximate surface area is 152 Å². The number of urea groups is 1. The van der Waals surface area contributed by atoms with E-state index in [1.807, 2.05) is 24.3 Å². The Bertz CT molecular complexity index is 1000. The van der Waals surface area contributed by atoms with E-state index in [2.05, 4.69) is 25.4 Å². The topological polar surface area (TPSA) is 100 Å². The van der Waals surface area contributed by atoms with E-state index >= 15 is 0 Å². The lowest BCUT2D eigenvalue weighted by molar-refractivity contribution is -0.118. The quantitative estimate of drug-likeness (QED) is 0.565. The van der Waals surface area contributed by atoms with Crippen molar-refractivity contribution < 1.29 is 9.59 Å². The van der Waals surface area contributed by atoms with E-state index in [-0.39, 0.29) is 12.5 Å². The van der Waals surface area contributed by atoms with E-state index in [1.54, 1.807) is 24.7 Å². The standard InChI is InChI=1S/C17H12N6O2S/c24-15-10-23(17(25)22-15)20-8-12-4-1-5-13(21-12)14-9-19-16(26-14)11-3-2-6-18-7-11/h1-9H,10H2,(H,22,24,25)/b20-8+. The Morgan fingerprint density at radius 3 is 2.88 bits per heavy atom. The van der Waals surface area contributed by atoms with Crippen molar-refractivity contribution in [2.75, 3.05) is 6.54 Å². The summed E-state index contributed by atoms with van der Waals surface area (Å²) in [4.78, 5) is 36.6. The number of aromatic nitrogens is 3. The number of amides is 3. The van der Waals surface area contributed by atoms with Gasteiger partial charge in [0.25, 0.3) is 0 Å². The zero-order valence-electron chi connectivity index (χ0n) is 13.4. The molecule has 1 aliphatic heterocycles. The number of pyridine rings is 2. The van der Waals surface area contributed by atoms with E-state index < -0.39 is 6.03 Å². The fourth-order valence-electron chi connectivity index (χ4n) is 2.33. The predicted molar refractivity (Wildman–Crippen MR) is 96.4 cm³/mol. The third kappa shape index (κ3) is 3.33. The highest BCUT2D eigenvalue weighted by molar-refractivity contribution is 7.18. The molecule has 0 saturated carbocycles. The molecule has 0 bridgehead atoms. The van der Waals surface area contributed by atoms with Gasteiger partial charge in [-0.15, -0.1) is 11.3 Å². The van der Waals surface area contributed by atoms with Gasteiger partial charge in [-0.05, 0) is 24.3 Å². The first kappa shape index (κ1) is 16.0. The van der Waals surface area contributed by atoms with Gasteiger partial charge in [-0.3, -0.25) is 15.1 Å². The number of thiazole rings is 1. The maximum absolute atomic E-state index is 11.5. The first-order valence-electron chi connectivity index (χ1n) is 7.68. The first-order chi connectivity index (χ1) is 12.7. The Kier molecular flexibility index (Phi) is 4.20. The third-order valence-electron chi connectivity index (χ3n) is 3.54.